The first-order chi connectivity index (χ1) is 9.92. The van der Waals surface area contributed by atoms with Gasteiger partial charge in [0.1, 0.15) is 5.75 Å². The number of nitrogens with two attached hydrogens (primary N) is 1. The molecule has 21 heavy (non-hydrogen) atoms. The zero-order chi connectivity index (χ0) is 15.6. The number of rotatable bonds is 4. The van der Waals surface area contributed by atoms with Crippen LogP contribution in [0.5, 0.6) is 5.75 Å². The van der Waals surface area contributed by atoms with Crippen molar-refractivity contribution >= 4 is 15.9 Å². The Balaban J connectivity index is 2.27. The summed E-state index contributed by atoms with van der Waals surface area (Å²) >= 11 is 3.38. The van der Waals surface area contributed by atoms with E-state index in [0.29, 0.717) is 12.2 Å². The lowest BCUT2D eigenvalue weighted by Crippen LogP contribution is -2.15. The lowest BCUT2D eigenvalue weighted by molar-refractivity contribution is 0.414. The Morgan fingerprint density at radius 3 is 2.33 bits per heavy atom. The fraction of sp³-hybridized carbons (Fsp3) is 0.200. The summed E-state index contributed by atoms with van der Waals surface area (Å²) in [5, 5.41) is 0. The molecule has 112 valence electrons. The van der Waals surface area contributed by atoms with Crippen molar-refractivity contribution in [3.8, 4) is 5.75 Å². The molecule has 1 atom stereocenters. The molecule has 0 aliphatic carbocycles. The van der Waals surface area contributed by atoms with E-state index in [9.17, 15) is 13.2 Å². The number of hydrogen-bond acceptors (Lipinski definition) is 2. The molecule has 0 saturated carbocycles. The first kappa shape index (κ1) is 15.9. The highest BCUT2D eigenvalue weighted by molar-refractivity contribution is 9.10. The van der Waals surface area contributed by atoms with Crippen LogP contribution >= 0.6 is 15.9 Å². The van der Waals surface area contributed by atoms with Crippen molar-refractivity contribution in [2.75, 3.05) is 7.11 Å². The smallest absolute Gasteiger partial charge is 0.194 e. The van der Waals surface area contributed by atoms with E-state index in [1.807, 2.05) is 0 Å². The lowest BCUT2D eigenvalue weighted by atomic mass is 9.99. The molecule has 0 bridgehead atoms. The molecule has 0 heterocycles. The summed E-state index contributed by atoms with van der Waals surface area (Å²) in [7, 11) is 1.54. The average Bonchev–Trinajstić information content (AvgIpc) is 2.46. The molecule has 1 unspecified atom stereocenters. The van der Waals surface area contributed by atoms with E-state index in [1.54, 1.807) is 18.2 Å². The monoisotopic (exact) mass is 359 g/mol. The van der Waals surface area contributed by atoms with Crippen LogP contribution in [0.2, 0.25) is 0 Å². The molecule has 0 radical (unpaired) electrons. The lowest BCUT2D eigenvalue weighted by Gasteiger charge is -2.15. The van der Waals surface area contributed by atoms with Crippen LogP contribution < -0.4 is 10.5 Å². The van der Waals surface area contributed by atoms with Gasteiger partial charge >= 0.3 is 0 Å². The van der Waals surface area contributed by atoms with Gasteiger partial charge in [-0.3, -0.25) is 0 Å². The van der Waals surface area contributed by atoms with Gasteiger partial charge in [-0.2, -0.15) is 0 Å². The minimum atomic E-state index is -1.49. The van der Waals surface area contributed by atoms with Crippen LogP contribution in [0, 0.1) is 17.5 Å². The van der Waals surface area contributed by atoms with Crippen LogP contribution in [0.1, 0.15) is 17.2 Å². The Bertz CT molecular complexity index is 640. The van der Waals surface area contributed by atoms with E-state index in [0.717, 1.165) is 22.2 Å². The maximum Gasteiger partial charge on any atom is 0.194 e. The van der Waals surface area contributed by atoms with Gasteiger partial charge in [-0.25, -0.2) is 13.2 Å². The predicted molar refractivity (Wildman–Crippen MR) is 77.6 cm³/mol. The Morgan fingerprint density at radius 1 is 1.14 bits per heavy atom. The average molecular weight is 360 g/mol. The van der Waals surface area contributed by atoms with Crippen molar-refractivity contribution in [3.63, 3.8) is 0 Å². The molecule has 2 aromatic rings. The molecule has 2 aromatic carbocycles. The van der Waals surface area contributed by atoms with Gasteiger partial charge in [0.2, 0.25) is 0 Å². The molecule has 2 nitrogen and oxygen atoms in total. The Labute approximate surface area is 128 Å². The maximum atomic E-state index is 13.2. The number of methoxy groups -OCH3 is 1. The summed E-state index contributed by atoms with van der Waals surface area (Å²) in [5.41, 5.74) is 6.98. The Morgan fingerprint density at radius 2 is 1.76 bits per heavy atom. The van der Waals surface area contributed by atoms with E-state index in [4.69, 9.17) is 10.5 Å². The van der Waals surface area contributed by atoms with E-state index < -0.39 is 23.5 Å². The summed E-state index contributed by atoms with van der Waals surface area (Å²) in [4.78, 5) is 0. The molecule has 6 heteroatoms. The second-order valence-electron chi connectivity index (χ2n) is 4.57. The zero-order valence-corrected chi connectivity index (χ0v) is 12.8. The normalized spacial score (nSPS) is 12.3. The quantitative estimate of drug-likeness (QED) is 0.833. The number of halogens is 4. The third-order valence-corrected chi connectivity index (χ3v) is 3.90. The minimum absolute atomic E-state index is 0.195. The van der Waals surface area contributed by atoms with Crippen LogP contribution in [0.4, 0.5) is 13.2 Å². The Hall–Kier alpha value is -1.53. The Kier molecular flexibility index (Phi) is 4.90. The second kappa shape index (κ2) is 6.49. The zero-order valence-electron chi connectivity index (χ0n) is 11.2. The van der Waals surface area contributed by atoms with Gasteiger partial charge in [0.25, 0.3) is 0 Å². The van der Waals surface area contributed by atoms with Crippen LogP contribution in [0.25, 0.3) is 0 Å². The molecule has 2 N–H and O–H groups in total. The number of benzene rings is 2. The first-order valence-corrected chi connectivity index (χ1v) is 6.94. The highest BCUT2D eigenvalue weighted by atomic mass is 79.9. The third kappa shape index (κ3) is 3.57. The van der Waals surface area contributed by atoms with Gasteiger partial charge < -0.3 is 10.5 Å². The van der Waals surface area contributed by atoms with Crippen LogP contribution in [-0.4, -0.2) is 7.11 Å². The van der Waals surface area contributed by atoms with Gasteiger partial charge in [-0.05, 0) is 47.9 Å². The third-order valence-electron chi connectivity index (χ3n) is 3.13. The van der Waals surface area contributed by atoms with Crippen molar-refractivity contribution in [3.05, 3.63) is 63.4 Å². The fourth-order valence-electron chi connectivity index (χ4n) is 1.98. The largest absolute Gasteiger partial charge is 0.497 e. The molecule has 0 aromatic heterocycles. The van der Waals surface area contributed by atoms with E-state index in [-0.39, 0.29) is 5.56 Å². The van der Waals surface area contributed by atoms with Crippen molar-refractivity contribution in [2.24, 2.45) is 5.73 Å². The summed E-state index contributed by atoms with van der Waals surface area (Å²) in [5.74, 6) is -3.33. The van der Waals surface area contributed by atoms with Gasteiger partial charge in [-0.15, -0.1) is 0 Å². The molecule has 0 amide bonds. The van der Waals surface area contributed by atoms with Gasteiger partial charge in [0, 0.05) is 10.5 Å². The minimum Gasteiger partial charge on any atom is -0.497 e. The van der Waals surface area contributed by atoms with E-state index >= 15 is 0 Å². The number of ether oxygens (including phenoxy) is 1. The number of hydrogen-bond donors (Lipinski definition) is 1. The molecule has 0 fully saturated rings. The standard InChI is InChI=1S/C15H13BrF3NO/c1-21-10-2-3-11(16)8(4-10)7-14(20)9-5-12(17)15(19)13(18)6-9/h2-6,14H,7,20H2,1H3. The SMILES string of the molecule is COc1ccc(Br)c(CC(N)c2cc(F)c(F)c(F)c2)c1. The van der Waals surface area contributed by atoms with Gasteiger partial charge in [0.15, 0.2) is 17.5 Å². The summed E-state index contributed by atoms with van der Waals surface area (Å²) < 4.78 is 45.4. The molecule has 2 rings (SSSR count). The van der Waals surface area contributed by atoms with Crippen molar-refractivity contribution in [2.45, 2.75) is 12.5 Å². The topological polar surface area (TPSA) is 35.2 Å². The summed E-state index contributed by atoms with van der Waals surface area (Å²) in [6.45, 7) is 0. The van der Waals surface area contributed by atoms with Crippen molar-refractivity contribution in [1.82, 2.24) is 0 Å². The molecule has 0 aliphatic heterocycles. The van der Waals surface area contributed by atoms with Crippen LogP contribution in [0.3, 0.4) is 0 Å². The highest BCUT2D eigenvalue weighted by Crippen LogP contribution is 2.27. The second-order valence-corrected chi connectivity index (χ2v) is 5.42. The molecule has 0 aliphatic rings. The molecular formula is C15H13BrF3NO. The molecule has 0 spiro atoms. The van der Waals surface area contributed by atoms with Crippen molar-refractivity contribution in [1.29, 1.82) is 0 Å². The van der Waals surface area contributed by atoms with Crippen LogP contribution in [-0.2, 0) is 6.42 Å². The predicted octanol–water partition coefficient (Wildman–Crippen LogP) is 4.12. The van der Waals surface area contributed by atoms with Crippen molar-refractivity contribution < 1.29 is 17.9 Å². The summed E-state index contributed by atoms with van der Waals surface area (Å²) in [6, 6.07) is 6.51. The molecular weight excluding hydrogens is 347 g/mol. The van der Waals surface area contributed by atoms with E-state index in [2.05, 4.69) is 15.9 Å². The maximum absolute atomic E-state index is 13.2. The van der Waals surface area contributed by atoms with Gasteiger partial charge in [0.05, 0.1) is 7.11 Å². The van der Waals surface area contributed by atoms with E-state index in [1.165, 1.54) is 7.11 Å². The highest BCUT2D eigenvalue weighted by Gasteiger charge is 2.16. The first-order valence-electron chi connectivity index (χ1n) is 6.14. The fourth-order valence-corrected chi connectivity index (χ4v) is 2.39. The summed E-state index contributed by atoms with van der Waals surface area (Å²) in [6.07, 6.45) is 0.322. The molecule has 0 saturated heterocycles. The van der Waals surface area contributed by atoms with Crippen LogP contribution in [0.15, 0.2) is 34.8 Å². The van der Waals surface area contributed by atoms with Gasteiger partial charge in [-0.1, -0.05) is 15.9 Å².